The Morgan fingerprint density at radius 1 is 1.22 bits per heavy atom. The second-order valence-corrected chi connectivity index (χ2v) is 6.70. The lowest BCUT2D eigenvalue weighted by atomic mass is 10.3. The van der Waals surface area contributed by atoms with E-state index >= 15 is 0 Å². The third-order valence-electron chi connectivity index (χ3n) is 2.00. The number of allylic oxidation sites excluding steroid dienone is 1. The minimum absolute atomic E-state index is 0.130. The minimum atomic E-state index is -3.16. The summed E-state index contributed by atoms with van der Waals surface area (Å²) in [7, 11) is -3.16. The molecule has 108 valence electrons. The van der Waals surface area contributed by atoms with Crippen molar-refractivity contribution in [2.45, 2.75) is 66.6 Å². The van der Waals surface area contributed by atoms with E-state index < -0.39 is 7.60 Å². The van der Waals surface area contributed by atoms with Crippen molar-refractivity contribution in [3.05, 3.63) is 11.5 Å². The van der Waals surface area contributed by atoms with E-state index in [9.17, 15) is 4.57 Å². The van der Waals surface area contributed by atoms with Gasteiger partial charge in [0.2, 0.25) is 0 Å². The van der Waals surface area contributed by atoms with E-state index in [1.54, 1.807) is 5.82 Å². The van der Waals surface area contributed by atoms with Crippen molar-refractivity contribution in [1.29, 1.82) is 0 Å². The zero-order chi connectivity index (χ0) is 14.2. The minimum Gasteiger partial charge on any atom is -0.388 e. The van der Waals surface area contributed by atoms with E-state index in [2.05, 4.69) is 12.2 Å². The van der Waals surface area contributed by atoms with Crippen molar-refractivity contribution >= 4 is 7.60 Å². The van der Waals surface area contributed by atoms with E-state index in [-0.39, 0.29) is 12.2 Å². The molecule has 0 saturated carbocycles. The van der Waals surface area contributed by atoms with Crippen molar-refractivity contribution in [2.75, 3.05) is 6.54 Å². The molecule has 0 rings (SSSR count). The van der Waals surface area contributed by atoms with Gasteiger partial charge in [-0.05, 0) is 41.0 Å². The van der Waals surface area contributed by atoms with Crippen LogP contribution in [0.4, 0.5) is 0 Å². The predicted octanol–water partition coefficient (Wildman–Crippen LogP) is 4.28. The van der Waals surface area contributed by atoms with Gasteiger partial charge in [-0.15, -0.1) is 0 Å². The van der Waals surface area contributed by atoms with Gasteiger partial charge >= 0.3 is 7.60 Å². The second-order valence-electron chi connectivity index (χ2n) is 4.94. The fraction of sp³-hybridized carbons (Fsp3) is 0.846. The first-order valence-electron chi connectivity index (χ1n) is 6.69. The molecule has 0 spiro atoms. The number of hydrogen-bond donors (Lipinski definition) is 1. The third kappa shape index (κ3) is 8.73. The molecule has 0 aromatic rings. The topological polar surface area (TPSA) is 47.6 Å². The Morgan fingerprint density at radius 2 is 1.72 bits per heavy atom. The molecular formula is C13H28NO3P. The van der Waals surface area contributed by atoms with Crippen LogP contribution in [0.15, 0.2) is 11.5 Å². The monoisotopic (exact) mass is 277 g/mol. The molecule has 0 amide bonds. The molecule has 0 atom stereocenters. The zero-order valence-electron chi connectivity index (χ0n) is 12.5. The molecule has 0 aliphatic heterocycles. The molecule has 0 unspecified atom stereocenters. The summed E-state index contributed by atoms with van der Waals surface area (Å²) < 4.78 is 23.4. The fourth-order valence-corrected chi connectivity index (χ4v) is 3.33. The maximum absolute atomic E-state index is 12.5. The highest BCUT2D eigenvalue weighted by atomic mass is 31.2. The van der Waals surface area contributed by atoms with E-state index in [4.69, 9.17) is 9.05 Å². The van der Waals surface area contributed by atoms with E-state index in [1.165, 1.54) is 0 Å². The highest BCUT2D eigenvalue weighted by Gasteiger charge is 2.25. The van der Waals surface area contributed by atoms with Crippen LogP contribution >= 0.6 is 7.60 Å². The molecular weight excluding hydrogens is 249 g/mol. The molecule has 0 aliphatic rings. The Kier molecular flexibility index (Phi) is 8.58. The van der Waals surface area contributed by atoms with Gasteiger partial charge in [0, 0.05) is 18.1 Å². The zero-order valence-corrected chi connectivity index (χ0v) is 13.4. The van der Waals surface area contributed by atoms with Gasteiger partial charge in [-0.1, -0.05) is 13.3 Å². The van der Waals surface area contributed by atoms with Crippen LogP contribution in [0.5, 0.6) is 0 Å². The Hall–Kier alpha value is -0.310. The SMILES string of the molecule is CCCCN/C(C)=C/P(=O)(OC(C)C)OC(C)C. The molecule has 0 aliphatic carbocycles. The second kappa shape index (κ2) is 8.73. The summed E-state index contributed by atoms with van der Waals surface area (Å²) in [5, 5.41) is 3.21. The molecule has 4 nitrogen and oxygen atoms in total. The van der Waals surface area contributed by atoms with Crippen LogP contribution in [0, 0.1) is 0 Å². The maximum Gasteiger partial charge on any atom is 0.356 e. The number of rotatable bonds is 9. The van der Waals surface area contributed by atoms with Crippen LogP contribution in [-0.2, 0) is 13.6 Å². The molecule has 0 aromatic heterocycles. The fourth-order valence-electron chi connectivity index (χ4n) is 1.42. The van der Waals surface area contributed by atoms with Crippen LogP contribution in [0.1, 0.15) is 54.4 Å². The van der Waals surface area contributed by atoms with Crippen LogP contribution in [0.25, 0.3) is 0 Å². The molecule has 0 aromatic carbocycles. The van der Waals surface area contributed by atoms with Crippen LogP contribution < -0.4 is 5.32 Å². The first-order chi connectivity index (χ1) is 8.29. The normalized spacial score (nSPS) is 13.4. The summed E-state index contributed by atoms with van der Waals surface area (Å²) >= 11 is 0. The lowest BCUT2D eigenvalue weighted by molar-refractivity contribution is 0.149. The van der Waals surface area contributed by atoms with Crippen molar-refractivity contribution in [3.63, 3.8) is 0 Å². The highest BCUT2D eigenvalue weighted by Crippen LogP contribution is 2.52. The van der Waals surface area contributed by atoms with Gasteiger partial charge < -0.3 is 14.4 Å². The molecule has 0 fully saturated rings. The number of unbranched alkanes of at least 4 members (excludes halogenated alkanes) is 1. The summed E-state index contributed by atoms with van der Waals surface area (Å²) in [6.07, 6.45) is 1.96. The summed E-state index contributed by atoms with van der Waals surface area (Å²) in [5.41, 5.74) is 0.841. The Morgan fingerprint density at radius 3 is 2.11 bits per heavy atom. The summed E-state index contributed by atoms with van der Waals surface area (Å²) in [6.45, 7) is 12.3. The lowest BCUT2D eigenvalue weighted by Gasteiger charge is -2.21. The van der Waals surface area contributed by atoms with Gasteiger partial charge in [-0.2, -0.15) is 0 Å². The molecule has 0 radical (unpaired) electrons. The van der Waals surface area contributed by atoms with E-state index in [1.807, 2.05) is 34.6 Å². The van der Waals surface area contributed by atoms with Gasteiger partial charge in [-0.25, -0.2) is 0 Å². The molecule has 0 heterocycles. The first-order valence-corrected chi connectivity index (χ1v) is 8.30. The van der Waals surface area contributed by atoms with Crippen LogP contribution in [-0.4, -0.2) is 18.8 Å². The number of nitrogens with one attached hydrogen (secondary N) is 1. The molecule has 0 saturated heterocycles. The Balaban J connectivity index is 4.65. The maximum atomic E-state index is 12.5. The molecule has 5 heteroatoms. The third-order valence-corrected chi connectivity index (χ3v) is 4.14. The summed E-state index contributed by atoms with van der Waals surface area (Å²) in [4.78, 5) is 0. The number of hydrogen-bond acceptors (Lipinski definition) is 4. The summed E-state index contributed by atoms with van der Waals surface area (Å²) in [5.74, 6) is 1.59. The Labute approximate surface area is 112 Å². The average Bonchev–Trinajstić information content (AvgIpc) is 2.13. The highest BCUT2D eigenvalue weighted by molar-refractivity contribution is 7.57. The quantitative estimate of drug-likeness (QED) is 0.505. The summed E-state index contributed by atoms with van der Waals surface area (Å²) in [6, 6.07) is 0. The Bertz CT molecular complexity index is 287. The van der Waals surface area contributed by atoms with E-state index in [0.717, 1.165) is 25.1 Å². The average molecular weight is 277 g/mol. The van der Waals surface area contributed by atoms with Gasteiger partial charge in [0.05, 0.1) is 12.2 Å². The molecule has 18 heavy (non-hydrogen) atoms. The first kappa shape index (κ1) is 17.7. The lowest BCUT2D eigenvalue weighted by Crippen LogP contribution is -2.13. The van der Waals surface area contributed by atoms with Gasteiger partial charge in [0.1, 0.15) is 0 Å². The van der Waals surface area contributed by atoms with Gasteiger partial charge in [0.25, 0.3) is 0 Å². The van der Waals surface area contributed by atoms with E-state index in [0.29, 0.717) is 0 Å². The van der Waals surface area contributed by atoms with Crippen LogP contribution in [0.3, 0.4) is 0 Å². The van der Waals surface area contributed by atoms with Crippen molar-refractivity contribution in [1.82, 2.24) is 5.32 Å². The van der Waals surface area contributed by atoms with Crippen molar-refractivity contribution in [3.8, 4) is 0 Å². The van der Waals surface area contributed by atoms with Gasteiger partial charge in [-0.3, -0.25) is 4.57 Å². The predicted molar refractivity (Wildman–Crippen MR) is 76.7 cm³/mol. The van der Waals surface area contributed by atoms with Crippen molar-refractivity contribution in [2.24, 2.45) is 0 Å². The van der Waals surface area contributed by atoms with Crippen molar-refractivity contribution < 1.29 is 13.6 Å². The largest absolute Gasteiger partial charge is 0.388 e. The van der Waals surface area contributed by atoms with Crippen LogP contribution in [0.2, 0.25) is 0 Å². The standard InChI is InChI=1S/C13H28NO3P/c1-7-8-9-14-13(6)10-18(15,16-11(2)3)17-12(4)5/h10-12,14H,7-9H2,1-6H3/b13-10+. The molecule has 1 N–H and O–H groups in total. The van der Waals surface area contributed by atoms with Gasteiger partial charge in [0.15, 0.2) is 0 Å². The molecule has 0 bridgehead atoms. The smallest absolute Gasteiger partial charge is 0.356 e.